The molecule has 1 N–H and O–H groups in total. The lowest BCUT2D eigenvalue weighted by molar-refractivity contribution is 0.150. The summed E-state index contributed by atoms with van der Waals surface area (Å²) in [5, 5.41) is 3.45. The minimum atomic E-state index is 0.359. The molecule has 0 aliphatic heterocycles. The largest absolute Gasteiger partial charge is 0.312 e. The lowest BCUT2D eigenvalue weighted by Crippen LogP contribution is -2.36. The van der Waals surface area contributed by atoms with Crippen LogP contribution in [0, 0.1) is 5.41 Å². The van der Waals surface area contributed by atoms with E-state index in [1.54, 1.807) is 6.33 Å². The Bertz CT molecular complexity index is 317. The first-order valence-corrected chi connectivity index (χ1v) is 6.18. The van der Waals surface area contributed by atoms with E-state index in [0.717, 1.165) is 0 Å². The summed E-state index contributed by atoms with van der Waals surface area (Å²) >= 11 is 0. The van der Waals surface area contributed by atoms with Crippen LogP contribution >= 0.6 is 0 Å². The fraction of sp³-hybridized carbons (Fsp3) is 0.692. The lowest BCUT2D eigenvalue weighted by Gasteiger charge is -2.40. The normalized spacial score (nSPS) is 21.6. The van der Waals surface area contributed by atoms with Crippen LogP contribution in [0.25, 0.3) is 0 Å². The van der Waals surface area contributed by atoms with E-state index in [1.165, 1.54) is 37.7 Å². The summed E-state index contributed by atoms with van der Waals surface area (Å²) in [4.78, 5) is 8.26. The molecular formula is C13H21N3. The van der Waals surface area contributed by atoms with Crippen molar-refractivity contribution in [2.24, 2.45) is 5.41 Å². The van der Waals surface area contributed by atoms with Crippen LogP contribution in [0.3, 0.4) is 0 Å². The summed E-state index contributed by atoms with van der Waals surface area (Å²) in [5.74, 6) is 0. The summed E-state index contributed by atoms with van der Waals surface area (Å²) in [6.07, 6.45) is 12.2. The van der Waals surface area contributed by atoms with Crippen molar-refractivity contribution in [3.05, 3.63) is 24.3 Å². The topological polar surface area (TPSA) is 37.8 Å². The standard InChI is InChI=1S/C13H21N3/c1-13(6-4-3-5-7-13)12(14-2)11-8-15-10-16-9-11/h8-10,12,14H,3-7H2,1-2H3. The Morgan fingerprint density at radius 2 is 1.81 bits per heavy atom. The van der Waals surface area contributed by atoms with Gasteiger partial charge in [-0.25, -0.2) is 9.97 Å². The van der Waals surface area contributed by atoms with E-state index >= 15 is 0 Å². The third-order valence-corrected chi connectivity index (χ3v) is 3.90. The first kappa shape index (κ1) is 11.5. The average Bonchev–Trinajstić information content (AvgIpc) is 2.32. The molecule has 0 radical (unpaired) electrons. The SMILES string of the molecule is CNC(c1cncnc1)C1(C)CCCCC1. The van der Waals surface area contributed by atoms with Gasteiger partial charge >= 0.3 is 0 Å². The summed E-state index contributed by atoms with van der Waals surface area (Å²) in [6.45, 7) is 2.39. The van der Waals surface area contributed by atoms with E-state index in [-0.39, 0.29) is 0 Å². The third kappa shape index (κ3) is 2.24. The Morgan fingerprint density at radius 3 is 2.38 bits per heavy atom. The zero-order valence-electron chi connectivity index (χ0n) is 10.2. The first-order valence-electron chi connectivity index (χ1n) is 6.18. The number of aromatic nitrogens is 2. The molecule has 16 heavy (non-hydrogen) atoms. The predicted octanol–water partition coefficient (Wildman–Crippen LogP) is 2.71. The second kappa shape index (κ2) is 4.91. The van der Waals surface area contributed by atoms with Gasteiger partial charge in [-0.3, -0.25) is 0 Å². The van der Waals surface area contributed by atoms with Crippen molar-refractivity contribution < 1.29 is 0 Å². The van der Waals surface area contributed by atoms with E-state index in [0.29, 0.717) is 11.5 Å². The van der Waals surface area contributed by atoms with Crippen molar-refractivity contribution >= 4 is 0 Å². The van der Waals surface area contributed by atoms with Crippen LogP contribution < -0.4 is 5.32 Å². The van der Waals surface area contributed by atoms with Gasteiger partial charge in [0, 0.05) is 24.0 Å². The highest BCUT2D eigenvalue weighted by molar-refractivity contribution is 5.13. The number of hydrogen-bond acceptors (Lipinski definition) is 3. The van der Waals surface area contributed by atoms with Gasteiger partial charge in [-0.05, 0) is 25.3 Å². The van der Waals surface area contributed by atoms with Crippen LogP contribution in [-0.2, 0) is 0 Å². The van der Waals surface area contributed by atoms with E-state index in [2.05, 4.69) is 22.2 Å². The van der Waals surface area contributed by atoms with E-state index < -0.39 is 0 Å². The Hall–Kier alpha value is -0.960. The minimum Gasteiger partial charge on any atom is -0.312 e. The van der Waals surface area contributed by atoms with Gasteiger partial charge in [-0.15, -0.1) is 0 Å². The van der Waals surface area contributed by atoms with Gasteiger partial charge in [-0.2, -0.15) is 0 Å². The summed E-state index contributed by atoms with van der Waals surface area (Å²) in [5.41, 5.74) is 1.58. The molecule has 1 atom stereocenters. The second-order valence-corrected chi connectivity index (χ2v) is 5.11. The molecule has 0 bridgehead atoms. The third-order valence-electron chi connectivity index (χ3n) is 3.90. The summed E-state index contributed by atoms with van der Waals surface area (Å²) < 4.78 is 0. The molecule has 1 heterocycles. The highest BCUT2D eigenvalue weighted by Gasteiger charge is 2.35. The molecule has 1 aromatic heterocycles. The van der Waals surface area contributed by atoms with Crippen molar-refractivity contribution in [1.82, 2.24) is 15.3 Å². The van der Waals surface area contributed by atoms with Crippen molar-refractivity contribution in [2.45, 2.75) is 45.1 Å². The van der Waals surface area contributed by atoms with E-state index in [1.807, 2.05) is 19.4 Å². The fourth-order valence-electron chi connectivity index (χ4n) is 3.03. The number of nitrogens with one attached hydrogen (secondary N) is 1. The van der Waals surface area contributed by atoms with E-state index in [4.69, 9.17) is 0 Å². The van der Waals surface area contributed by atoms with Crippen LogP contribution in [0.15, 0.2) is 18.7 Å². The maximum absolute atomic E-state index is 4.13. The molecule has 1 aliphatic rings. The zero-order chi connectivity index (χ0) is 11.4. The molecule has 2 rings (SSSR count). The van der Waals surface area contributed by atoms with Gasteiger partial charge in [-0.1, -0.05) is 26.2 Å². The maximum atomic E-state index is 4.13. The van der Waals surface area contributed by atoms with Crippen LogP contribution in [0.2, 0.25) is 0 Å². The smallest absolute Gasteiger partial charge is 0.115 e. The monoisotopic (exact) mass is 219 g/mol. The van der Waals surface area contributed by atoms with Gasteiger partial charge in [0.25, 0.3) is 0 Å². The Kier molecular flexibility index (Phi) is 3.54. The van der Waals surface area contributed by atoms with Gasteiger partial charge in [0.15, 0.2) is 0 Å². The molecule has 3 heteroatoms. The van der Waals surface area contributed by atoms with Crippen molar-refractivity contribution in [1.29, 1.82) is 0 Å². The van der Waals surface area contributed by atoms with E-state index in [9.17, 15) is 0 Å². The summed E-state index contributed by atoms with van der Waals surface area (Å²) in [6, 6.07) is 0.383. The molecule has 0 saturated heterocycles. The Labute approximate surface area is 97.7 Å². The molecule has 3 nitrogen and oxygen atoms in total. The van der Waals surface area contributed by atoms with Crippen LogP contribution in [0.1, 0.15) is 50.6 Å². The number of nitrogens with zero attached hydrogens (tertiary/aromatic N) is 2. The number of rotatable bonds is 3. The van der Waals surface area contributed by atoms with Crippen molar-refractivity contribution in [2.75, 3.05) is 7.05 Å². The Balaban J connectivity index is 2.21. The fourth-order valence-corrected chi connectivity index (χ4v) is 3.03. The van der Waals surface area contributed by atoms with Crippen LogP contribution in [0.4, 0.5) is 0 Å². The molecule has 0 aromatic carbocycles. The molecule has 0 amide bonds. The van der Waals surface area contributed by atoms with Gasteiger partial charge < -0.3 is 5.32 Å². The summed E-state index contributed by atoms with van der Waals surface area (Å²) in [7, 11) is 2.04. The van der Waals surface area contributed by atoms with Gasteiger partial charge in [0.05, 0.1) is 0 Å². The molecular weight excluding hydrogens is 198 g/mol. The molecule has 0 spiro atoms. The molecule has 1 fully saturated rings. The lowest BCUT2D eigenvalue weighted by atomic mass is 9.69. The molecule has 1 unspecified atom stereocenters. The van der Waals surface area contributed by atoms with Crippen molar-refractivity contribution in [3.63, 3.8) is 0 Å². The molecule has 88 valence electrons. The molecule has 1 aromatic rings. The van der Waals surface area contributed by atoms with Crippen LogP contribution in [-0.4, -0.2) is 17.0 Å². The highest BCUT2D eigenvalue weighted by atomic mass is 14.9. The Morgan fingerprint density at radius 1 is 1.19 bits per heavy atom. The quantitative estimate of drug-likeness (QED) is 0.849. The van der Waals surface area contributed by atoms with Gasteiger partial charge in [0.2, 0.25) is 0 Å². The number of hydrogen-bond donors (Lipinski definition) is 1. The maximum Gasteiger partial charge on any atom is 0.115 e. The first-order chi connectivity index (χ1) is 7.76. The second-order valence-electron chi connectivity index (χ2n) is 5.11. The molecule has 1 aliphatic carbocycles. The van der Waals surface area contributed by atoms with Gasteiger partial charge in [0.1, 0.15) is 6.33 Å². The predicted molar refractivity (Wildman–Crippen MR) is 65.0 cm³/mol. The average molecular weight is 219 g/mol. The molecule has 1 saturated carbocycles. The van der Waals surface area contributed by atoms with Crippen LogP contribution in [0.5, 0.6) is 0 Å². The zero-order valence-corrected chi connectivity index (χ0v) is 10.2. The van der Waals surface area contributed by atoms with Crippen molar-refractivity contribution in [3.8, 4) is 0 Å². The highest BCUT2D eigenvalue weighted by Crippen LogP contribution is 2.45. The minimum absolute atomic E-state index is 0.359.